The number of carboxylic acid groups (broad SMARTS) is 1. The second-order valence-corrected chi connectivity index (χ2v) is 4.21. The molecule has 0 heterocycles. The van der Waals surface area contributed by atoms with Crippen molar-refractivity contribution < 1.29 is 14.7 Å². The van der Waals surface area contributed by atoms with Crippen LogP contribution >= 0.6 is 0 Å². The Morgan fingerprint density at radius 3 is 2.05 bits per heavy atom. The molecule has 7 heteroatoms. The molecule has 0 atom stereocenters. The van der Waals surface area contributed by atoms with Gasteiger partial charge in [-0.05, 0) is 6.54 Å². The minimum Gasteiger partial charge on any atom is -0.481 e. The van der Waals surface area contributed by atoms with Gasteiger partial charge in [-0.15, -0.1) is 0 Å². The van der Waals surface area contributed by atoms with E-state index < -0.39 is 5.97 Å². The molecule has 0 bridgehead atoms. The summed E-state index contributed by atoms with van der Waals surface area (Å²) in [6.45, 7) is 3.44. The highest BCUT2D eigenvalue weighted by Gasteiger charge is 2.16. The number of rotatable bonds is 10. The van der Waals surface area contributed by atoms with Crippen molar-refractivity contribution in [1.82, 2.24) is 9.80 Å². The van der Waals surface area contributed by atoms with Crippen LogP contribution in [0.2, 0.25) is 0 Å². The fraction of sp³-hybridized carbons (Fsp3) is 0.692. The zero-order valence-corrected chi connectivity index (χ0v) is 11.7. The van der Waals surface area contributed by atoms with Gasteiger partial charge in [-0.1, -0.05) is 6.92 Å². The van der Waals surface area contributed by atoms with Crippen LogP contribution in [0.1, 0.15) is 26.2 Å². The topological polar surface area (TPSA) is 108 Å². The molecule has 0 aromatic carbocycles. The Kier molecular flexibility index (Phi) is 9.63. The first-order valence-electron chi connectivity index (χ1n) is 6.51. The number of carboxylic acids is 1. The molecule has 20 heavy (non-hydrogen) atoms. The van der Waals surface area contributed by atoms with Gasteiger partial charge in [0.1, 0.15) is 0 Å². The summed E-state index contributed by atoms with van der Waals surface area (Å²) in [5.74, 6) is -1.08. The summed E-state index contributed by atoms with van der Waals surface area (Å²) < 4.78 is 0. The Hall–Kier alpha value is -2.12. The van der Waals surface area contributed by atoms with Crippen LogP contribution in [0.5, 0.6) is 0 Å². The van der Waals surface area contributed by atoms with Crippen molar-refractivity contribution in [2.75, 3.05) is 32.7 Å². The van der Waals surface area contributed by atoms with E-state index in [2.05, 4.69) is 0 Å². The number of carbonyl (C=O) groups is 2. The predicted octanol–water partition coefficient (Wildman–Crippen LogP) is 0.439. The third-order valence-electron chi connectivity index (χ3n) is 2.79. The van der Waals surface area contributed by atoms with Gasteiger partial charge in [0.25, 0.3) is 0 Å². The monoisotopic (exact) mass is 280 g/mol. The lowest BCUT2D eigenvalue weighted by Gasteiger charge is -2.25. The number of aliphatic carboxylic acids is 1. The molecule has 0 radical (unpaired) electrons. The zero-order chi connectivity index (χ0) is 15.4. The van der Waals surface area contributed by atoms with Crippen molar-refractivity contribution in [3.63, 3.8) is 0 Å². The largest absolute Gasteiger partial charge is 0.481 e. The lowest BCUT2D eigenvalue weighted by molar-refractivity contribution is -0.138. The Labute approximate surface area is 119 Å². The van der Waals surface area contributed by atoms with E-state index in [1.165, 1.54) is 4.90 Å². The molecule has 0 aliphatic rings. The van der Waals surface area contributed by atoms with E-state index in [4.69, 9.17) is 15.6 Å². The van der Waals surface area contributed by atoms with Crippen LogP contribution in [0.4, 0.5) is 0 Å². The average Bonchev–Trinajstić information content (AvgIpc) is 2.43. The van der Waals surface area contributed by atoms with Crippen molar-refractivity contribution in [3.8, 4) is 12.1 Å². The van der Waals surface area contributed by atoms with Gasteiger partial charge < -0.3 is 10.0 Å². The first-order chi connectivity index (χ1) is 9.54. The SMILES string of the molecule is CCN(CCC(=O)O)CC(=O)N(CCC#N)CCC#N. The number of nitrogens with zero attached hydrogens (tertiary/aromatic N) is 4. The highest BCUT2D eigenvalue weighted by molar-refractivity contribution is 5.78. The summed E-state index contributed by atoms with van der Waals surface area (Å²) in [6, 6.07) is 3.94. The first kappa shape index (κ1) is 17.9. The van der Waals surface area contributed by atoms with Crippen LogP contribution in [-0.4, -0.2) is 59.5 Å². The third-order valence-corrected chi connectivity index (χ3v) is 2.79. The molecule has 7 nitrogen and oxygen atoms in total. The maximum atomic E-state index is 12.1. The Balaban J connectivity index is 4.42. The van der Waals surface area contributed by atoms with E-state index in [-0.39, 0.29) is 31.7 Å². The Bertz CT molecular complexity index is 379. The highest BCUT2D eigenvalue weighted by atomic mass is 16.4. The number of carbonyl (C=O) groups excluding carboxylic acids is 1. The predicted molar refractivity (Wildman–Crippen MR) is 71.4 cm³/mol. The van der Waals surface area contributed by atoms with E-state index in [1.807, 2.05) is 19.1 Å². The molecular formula is C13H20N4O3. The molecule has 0 spiro atoms. The van der Waals surface area contributed by atoms with Crippen molar-refractivity contribution in [2.45, 2.75) is 26.2 Å². The molecule has 0 aromatic heterocycles. The van der Waals surface area contributed by atoms with Crippen molar-refractivity contribution >= 4 is 11.9 Å². The minimum absolute atomic E-state index is 0.0164. The van der Waals surface area contributed by atoms with Crippen LogP contribution in [0.3, 0.4) is 0 Å². The van der Waals surface area contributed by atoms with E-state index in [1.54, 1.807) is 4.90 Å². The summed E-state index contributed by atoms with van der Waals surface area (Å²) >= 11 is 0. The van der Waals surface area contributed by atoms with Crippen LogP contribution in [-0.2, 0) is 9.59 Å². The standard InChI is InChI=1S/C13H20N4O3/c1-2-16(10-5-13(19)20)11-12(18)17(8-3-6-14)9-4-7-15/h2-5,8-11H2,1H3,(H,19,20). The number of nitriles is 2. The molecule has 0 unspecified atom stereocenters. The third kappa shape index (κ3) is 8.06. The Morgan fingerprint density at radius 1 is 1.10 bits per heavy atom. The van der Waals surface area contributed by atoms with Gasteiger partial charge in [0, 0.05) is 19.6 Å². The second kappa shape index (κ2) is 10.8. The highest BCUT2D eigenvalue weighted by Crippen LogP contribution is 1.99. The van der Waals surface area contributed by atoms with Gasteiger partial charge in [-0.25, -0.2) is 0 Å². The van der Waals surface area contributed by atoms with Gasteiger partial charge in [0.05, 0.1) is 37.9 Å². The van der Waals surface area contributed by atoms with Crippen molar-refractivity contribution in [1.29, 1.82) is 10.5 Å². The van der Waals surface area contributed by atoms with Crippen LogP contribution < -0.4 is 0 Å². The fourth-order valence-corrected chi connectivity index (χ4v) is 1.63. The fourth-order valence-electron chi connectivity index (χ4n) is 1.63. The van der Waals surface area contributed by atoms with E-state index in [9.17, 15) is 9.59 Å². The molecular weight excluding hydrogens is 260 g/mol. The maximum absolute atomic E-state index is 12.1. The van der Waals surface area contributed by atoms with Crippen LogP contribution in [0.25, 0.3) is 0 Å². The summed E-state index contributed by atoms with van der Waals surface area (Å²) in [4.78, 5) is 25.8. The molecule has 110 valence electrons. The lowest BCUT2D eigenvalue weighted by atomic mass is 10.3. The second-order valence-electron chi connectivity index (χ2n) is 4.21. The summed E-state index contributed by atoms with van der Waals surface area (Å²) in [6.07, 6.45) is 0.425. The number of likely N-dealkylation sites (N-methyl/N-ethyl adjacent to an activating group) is 1. The molecule has 0 fully saturated rings. The van der Waals surface area contributed by atoms with Crippen LogP contribution in [0.15, 0.2) is 0 Å². The summed E-state index contributed by atoms with van der Waals surface area (Å²) in [5, 5.41) is 25.8. The van der Waals surface area contributed by atoms with E-state index in [0.29, 0.717) is 26.2 Å². The Morgan fingerprint density at radius 2 is 1.65 bits per heavy atom. The quantitative estimate of drug-likeness (QED) is 0.622. The molecule has 1 amide bonds. The zero-order valence-electron chi connectivity index (χ0n) is 11.7. The first-order valence-corrected chi connectivity index (χ1v) is 6.51. The van der Waals surface area contributed by atoms with Gasteiger partial charge in [0.2, 0.25) is 5.91 Å². The summed E-state index contributed by atoms with van der Waals surface area (Å²) in [7, 11) is 0. The van der Waals surface area contributed by atoms with E-state index >= 15 is 0 Å². The van der Waals surface area contributed by atoms with Gasteiger partial charge in [0.15, 0.2) is 0 Å². The minimum atomic E-state index is -0.901. The molecule has 0 saturated carbocycles. The molecule has 0 aromatic rings. The van der Waals surface area contributed by atoms with Gasteiger partial charge in [-0.3, -0.25) is 14.5 Å². The van der Waals surface area contributed by atoms with E-state index in [0.717, 1.165) is 0 Å². The van der Waals surface area contributed by atoms with Crippen molar-refractivity contribution in [3.05, 3.63) is 0 Å². The summed E-state index contributed by atoms with van der Waals surface area (Å²) in [5.41, 5.74) is 0. The maximum Gasteiger partial charge on any atom is 0.304 e. The van der Waals surface area contributed by atoms with Crippen molar-refractivity contribution in [2.24, 2.45) is 0 Å². The van der Waals surface area contributed by atoms with Gasteiger partial charge >= 0.3 is 5.97 Å². The molecule has 1 N–H and O–H groups in total. The molecule has 0 rings (SSSR count). The number of amides is 1. The molecule has 0 aliphatic heterocycles. The lowest BCUT2D eigenvalue weighted by Crippen LogP contribution is -2.41. The normalized spacial score (nSPS) is 9.80. The average molecular weight is 280 g/mol. The smallest absolute Gasteiger partial charge is 0.304 e. The number of hydrogen-bond acceptors (Lipinski definition) is 5. The molecule has 0 aliphatic carbocycles. The molecule has 0 saturated heterocycles. The number of hydrogen-bond donors (Lipinski definition) is 1. The van der Waals surface area contributed by atoms with Gasteiger partial charge in [-0.2, -0.15) is 10.5 Å². The van der Waals surface area contributed by atoms with Crippen LogP contribution in [0, 0.1) is 22.7 Å².